The third-order valence-electron chi connectivity index (χ3n) is 3.85. The summed E-state index contributed by atoms with van der Waals surface area (Å²) in [5.41, 5.74) is 1.44. The van der Waals surface area contributed by atoms with Crippen LogP contribution in [0.1, 0.15) is 38.7 Å². The Labute approximate surface area is 135 Å². The Bertz CT molecular complexity index is 395. The average molecular weight is 310 g/mol. The lowest BCUT2D eigenvalue weighted by molar-refractivity contribution is 0.191. The summed E-state index contributed by atoms with van der Waals surface area (Å²) in [5.74, 6) is 0.735. The van der Waals surface area contributed by atoms with E-state index in [4.69, 9.17) is 4.74 Å². The van der Waals surface area contributed by atoms with Gasteiger partial charge < -0.3 is 9.64 Å². The normalized spacial score (nSPS) is 14.4. The number of thioether (sulfide) groups is 1. The summed E-state index contributed by atoms with van der Waals surface area (Å²) < 4.78 is 5.22. The first-order chi connectivity index (χ1) is 10.1. The number of rotatable bonds is 10. The number of nitrogens with zero attached hydrogens (tertiary/aromatic N) is 1. The van der Waals surface area contributed by atoms with E-state index >= 15 is 0 Å². The fourth-order valence-electron chi connectivity index (χ4n) is 2.40. The molecule has 1 aromatic rings. The molecule has 21 heavy (non-hydrogen) atoms. The molecule has 0 saturated heterocycles. The predicted octanol–water partition coefficient (Wildman–Crippen LogP) is 4.68. The van der Waals surface area contributed by atoms with Crippen LogP contribution in [0.4, 0.5) is 0 Å². The molecule has 2 unspecified atom stereocenters. The summed E-state index contributed by atoms with van der Waals surface area (Å²) in [6, 6.07) is 8.83. The molecule has 0 aliphatic heterocycles. The van der Waals surface area contributed by atoms with Gasteiger partial charge in [0.1, 0.15) is 0 Å². The summed E-state index contributed by atoms with van der Waals surface area (Å²) in [7, 11) is 6.05. The minimum atomic E-state index is 0.675. The third-order valence-corrected chi connectivity index (χ3v) is 5.51. The van der Waals surface area contributed by atoms with Crippen molar-refractivity contribution in [1.29, 1.82) is 0 Å². The summed E-state index contributed by atoms with van der Waals surface area (Å²) in [6.07, 6.45) is 3.61. The molecule has 0 saturated carbocycles. The smallest absolute Gasteiger partial charge is 0.0462 e. The Morgan fingerprint density at radius 1 is 1.24 bits per heavy atom. The van der Waals surface area contributed by atoms with Crippen molar-refractivity contribution in [2.75, 3.05) is 27.8 Å². The minimum Gasteiger partial charge on any atom is -0.385 e. The van der Waals surface area contributed by atoms with E-state index in [9.17, 15) is 0 Å². The zero-order valence-corrected chi connectivity index (χ0v) is 15.1. The Balaban J connectivity index is 2.77. The van der Waals surface area contributed by atoms with Crippen molar-refractivity contribution in [2.24, 2.45) is 5.92 Å². The number of methoxy groups -OCH3 is 1. The van der Waals surface area contributed by atoms with Crippen molar-refractivity contribution in [3.63, 3.8) is 0 Å². The minimum absolute atomic E-state index is 0.675. The zero-order valence-electron chi connectivity index (χ0n) is 14.3. The van der Waals surface area contributed by atoms with Gasteiger partial charge in [0.15, 0.2) is 0 Å². The van der Waals surface area contributed by atoms with Gasteiger partial charge in [0.05, 0.1) is 0 Å². The first-order valence-electron chi connectivity index (χ1n) is 7.96. The fourth-order valence-corrected chi connectivity index (χ4v) is 3.88. The third kappa shape index (κ3) is 6.86. The van der Waals surface area contributed by atoms with E-state index in [1.165, 1.54) is 23.3 Å². The van der Waals surface area contributed by atoms with E-state index in [-0.39, 0.29) is 0 Å². The summed E-state index contributed by atoms with van der Waals surface area (Å²) in [6.45, 7) is 6.54. The molecular formula is C18H31NOS. The van der Waals surface area contributed by atoms with Crippen LogP contribution in [-0.2, 0) is 11.3 Å². The molecule has 0 spiro atoms. The van der Waals surface area contributed by atoms with E-state index < -0.39 is 0 Å². The van der Waals surface area contributed by atoms with Crippen LogP contribution in [0, 0.1) is 5.92 Å². The van der Waals surface area contributed by atoms with Gasteiger partial charge in [0.25, 0.3) is 0 Å². The molecule has 0 aliphatic rings. The first kappa shape index (κ1) is 18.5. The molecule has 0 fully saturated rings. The molecule has 0 amide bonds. The Kier molecular flexibility index (Phi) is 9.05. The molecule has 0 heterocycles. The maximum absolute atomic E-state index is 5.22. The summed E-state index contributed by atoms with van der Waals surface area (Å²) in [5, 5.41) is 0.675. The highest BCUT2D eigenvalue weighted by molar-refractivity contribution is 8.00. The van der Waals surface area contributed by atoms with Gasteiger partial charge in [0.2, 0.25) is 0 Å². The van der Waals surface area contributed by atoms with Gasteiger partial charge in [-0.3, -0.25) is 0 Å². The van der Waals surface area contributed by atoms with E-state index in [0.29, 0.717) is 5.25 Å². The SMILES string of the molecule is CCC(C)C(CCCOC)Sc1ccccc1CN(C)C. The topological polar surface area (TPSA) is 12.5 Å². The van der Waals surface area contributed by atoms with Gasteiger partial charge in [-0.1, -0.05) is 38.5 Å². The van der Waals surface area contributed by atoms with Crippen molar-refractivity contribution in [2.45, 2.75) is 49.8 Å². The highest BCUT2D eigenvalue weighted by atomic mass is 32.2. The van der Waals surface area contributed by atoms with Gasteiger partial charge in [0, 0.05) is 30.4 Å². The van der Waals surface area contributed by atoms with E-state index in [1.807, 2.05) is 0 Å². The number of hydrogen-bond donors (Lipinski definition) is 0. The van der Waals surface area contributed by atoms with E-state index in [0.717, 1.165) is 25.5 Å². The molecule has 0 bridgehead atoms. The molecule has 120 valence electrons. The second kappa shape index (κ2) is 10.3. The molecule has 2 nitrogen and oxygen atoms in total. The highest BCUT2D eigenvalue weighted by Gasteiger charge is 2.18. The second-order valence-corrected chi connectivity index (χ2v) is 7.30. The monoisotopic (exact) mass is 309 g/mol. The van der Waals surface area contributed by atoms with Crippen LogP contribution in [0.25, 0.3) is 0 Å². The van der Waals surface area contributed by atoms with Crippen LogP contribution < -0.4 is 0 Å². The molecule has 0 N–H and O–H groups in total. The van der Waals surface area contributed by atoms with Gasteiger partial charge in [-0.2, -0.15) is 0 Å². The quantitative estimate of drug-likeness (QED) is 0.460. The maximum atomic E-state index is 5.22. The van der Waals surface area contributed by atoms with Gasteiger partial charge in [-0.05, 0) is 44.5 Å². The number of hydrogen-bond acceptors (Lipinski definition) is 3. The molecule has 3 heteroatoms. The fraction of sp³-hybridized carbons (Fsp3) is 0.667. The molecule has 1 aromatic carbocycles. The lowest BCUT2D eigenvalue weighted by Crippen LogP contribution is -2.16. The van der Waals surface area contributed by atoms with Crippen LogP contribution in [0.2, 0.25) is 0 Å². The standard InChI is InChI=1S/C18H31NOS/c1-6-15(2)17(12-9-13-20-5)21-18-11-8-7-10-16(18)14-19(3)4/h7-8,10-11,15,17H,6,9,12-14H2,1-5H3. The Hall–Kier alpha value is -0.510. The van der Waals surface area contributed by atoms with Crippen LogP contribution in [0.3, 0.4) is 0 Å². The maximum Gasteiger partial charge on any atom is 0.0462 e. The lowest BCUT2D eigenvalue weighted by Gasteiger charge is -2.24. The molecule has 0 radical (unpaired) electrons. The Morgan fingerprint density at radius 2 is 1.95 bits per heavy atom. The molecule has 2 atom stereocenters. The summed E-state index contributed by atoms with van der Waals surface area (Å²) in [4.78, 5) is 3.68. The highest BCUT2D eigenvalue weighted by Crippen LogP contribution is 2.34. The van der Waals surface area contributed by atoms with Gasteiger partial charge >= 0.3 is 0 Å². The second-order valence-electron chi connectivity index (χ2n) is 6.02. The van der Waals surface area contributed by atoms with Gasteiger partial charge in [-0.15, -0.1) is 11.8 Å². The molecule has 0 aromatic heterocycles. The van der Waals surface area contributed by atoms with E-state index in [2.05, 4.69) is 68.9 Å². The van der Waals surface area contributed by atoms with Gasteiger partial charge in [-0.25, -0.2) is 0 Å². The van der Waals surface area contributed by atoms with Crippen molar-refractivity contribution in [3.8, 4) is 0 Å². The van der Waals surface area contributed by atoms with Crippen molar-refractivity contribution in [3.05, 3.63) is 29.8 Å². The average Bonchev–Trinajstić information content (AvgIpc) is 2.47. The lowest BCUT2D eigenvalue weighted by atomic mass is 10.0. The predicted molar refractivity (Wildman–Crippen MR) is 94.0 cm³/mol. The Morgan fingerprint density at radius 3 is 2.57 bits per heavy atom. The molecule has 0 aliphatic carbocycles. The van der Waals surface area contributed by atoms with Crippen LogP contribution in [-0.4, -0.2) is 38.0 Å². The summed E-state index contributed by atoms with van der Waals surface area (Å²) >= 11 is 2.06. The van der Waals surface area contributed by atoms with Crippen molar-refractivity contribution in [1.82, 2.24) is 4.90 Å². The first-order valence-corrected chi connectivity index (χ1v) is 8.84. The largest absolute Gasteiger partial charge is 0.385 e. The molecular weight excluding hydrogens is 278 g/mol. The van der Waals surface area contributed by atoms with E-state index in [1.54, 1.807) is 7.11 Å². The number of benzene rings is 1. The van der Waals surface area contributed by atoms with Crippen molar-refractivity contribution >= 4 is 11.8 Å². The van der Waals surface area contributed by atoms with Crippen molar-refractivity contribution < 1.29 is 4.74 Å². The number of ether oxygens (including phenoxy) is 1. The van der Waals surface area contributed by atoms with Crippen LogP contribution in [0.5, 0.6) is 0 Å². The van der Waals surface area contributed by atoms with Crippen LogP contribution >= 0.6 is 11.8 Å². The molecule has 1 rings (SSSR count). The zero-order chi connectivity index (χ0) is 15.7. The van der Waals surface area contributed by atoms with Crippen LogP contribution in [0.15, 0.2) is 29.2 Å².